The molecular weight excluding hydrogens is 518 g/mol. The van der Waals surface area contributed by atoms with E-state index in [-0.39, 0.29) is 0 Å². The Kier molecular flexibility index (Phi) is 4.77. The van der Waals surface area contributed by atoms with Crippen LogP contribution in [0.15, 0.2) is 127 Å². The third-order valence-corrected chi connectivity index (χ3v) is 9.23. The van der Waals surface area contributed by atoms with Crippen molar-refractivity contribution in [2.45, 2.75) is 0 Å². The van der Waals surface area contributed by atoms with Crippen LogP contribution < -0.4 is 0 Å². The Morgan fingerprint density at radius 3 is 1.68 bits per heavy atom. The van der Waals surface area contributed by atoms with Gasteiger partial charge in [-0.25, -0.2) is 15.0 Å². The predicted molar refractivity (Wildman–Crippen MR) is 173 cm³/mol. The van der Waals surface area contributed by atoms with Gasteiger partial charge in [0, 0.05) is 36.9 Å². The molecule has 7 aromatic carbocycles. The summed E-state index contributed by atoms with van der Waals surface area (Å²) >= 11 is 1.84. The molecule has 0 radical (unpaired) electrons. The highest BCUT2D eigenvalue weighted by Crippen LogP contribution is 2.50. The molecule has 0 N–H and O–H groups in total. The lowest BCUT2D eigenvalue weighted by Gasteiger charge is -2.13. The van der Waals surface area contributed by atoms with Crippen LogP contribution in [0.5, 0.6) is 0 Å². The fourth-order valence-corrected chi connectivity index (χ4v) is 7.54. The maximum Gasteiger partial charge on any atom is 0.165 e. The highest BCUT2D eigenvalue weighted by atomic mass is 32.1. The molecule has 0 aliphatic carbocycles. The van der Waals surface area contributed by atoms with Gasteiger partial charge in [-0.05, 0) is 44.5 Å². The van der Waals surface area contributed by atoms with Crippen molar-refractivity contribution in [1.82, 2.24) is 15.0 Å². The zero-order valence-corrected chi connectivity index (χ0v) is 22.7. The summed E-state index contributed by atoms with van der Waals surface area (Å²) in [4.78, 5) is 15.1. The number of nitrogens with zero attached hydrogens (tertiary/aromatic N) is 3. The van der Waals surface area contributed by atoms with E-state index in [1.807, 2.05) is 47.7 Å². The third kappa shape index (κ3) is 3.35. The van der Waals surface area contributed by atoms with Crippen LogP contribution >= 0.6 is 11.3 Å². The summed E-state index contributed by atoms with van der Waals surface area (Å²) in [6.07, 6.45) is 0. The first-order valence-electron chi connectivity index (χ1n) is 13.7. The number of benzene rings is 7. The van der Waals surface area contributed by atoms with Crippen LogP contribution in [0.3, 0.4) is 0 Å². The molecule has 0 spiro atoms. The molecule has 41 heavy (non-hydrogen) atoms. The monoisotopic (exact) mass is 539 g/mol. The van der Waals surface area contributed by atoms with Crippen LogP contribution in [-0.2, 0) is 0 Å². The minimum atomic E-state index is 0.677. The molecule has 0 unspecified atom stereocenters. The molecule has 2 heterocycles. The molecule has 0 saturated carbocycles. The summed E-state index contributed by atoms with van der Waals surface area (Å²) in [5.41, 5.74) is 2.98. The number of thiophene rings is 1. The summed E-state index contributed by atoms with van der Waals surface area (Å²) in [7, 11) is 0. The zero-order chi connectivity index (χ0) is 26.9. The van der Waals surface area contributed by atoms with Crippen LogP contribution in [0.25, 0.3) is 86.7 Å². The first-order chi connectivity index (χ1) is 20.3. The van der Waals surface area contributed by atoms with Crippen molar-refractivity contribution in [2.24, 2.45) is 0 Å². The molecule has 0 atom stereocenters. The van der Waals surface area contributed by atoms with E-state index in [0.29, 0.717) is 17.5 Å². The second-order valence-electron chi connectivity index (χ2n) is 10.4. The van der Waals surface area contributed by atoms with E-state index in [1.54, 1.807) is 0 Å². The van der Waals surface area contributed by atoms with Crippen molar-refractivity contribution >= 4 is 63.8 Å². The summed E-state index contributed by atoms with van der Waals surface area (Å²) in [6, 6.07) is 44.7. The SMILES string of the molecule is c1ccc(-c2nc(-c3ccccc3)nc(-c3ccc4c5ccccc5c5c6ccccc6cc6sc3c4c65)n2)cc1. The Balaban J connectivity index is 1.42. The maximum absolute atomic E-state index is 5.07. The first-order valence-corrected chi connectivity index (χ1v) is 14.5. The molecule has 9 rings (SSSR count). The van der Waals surface area contributed by atoms with E-state index in [2.05, 4.69) is 91.0 Å². The van der Waals surface area contributed by atoms with Crippen molar-refractivity contribution in [3.05, 3.63) is 127 Å². The topological polar surface area (TPSA) is 38.7 Å². The van der Waals surface area contributed by atoms with E-state index in [9.17, 15) is 0 Å². The molecule has 0 aliphatic rings. The highest BCUT2D eigenvalue weighted by Gasteiger charge is 2.22. The lowest BCUT2D eigenvalue weighted by atomic mass is 9.90. The number of aromatic nitrogens is 3. The van der Waals surface area contributed by atoms with Gasteiger partial charge < -0.3 is 0 Å². The summed E-state index contributed by atoms with van der Waals surface area (Å²) in [5, 5.41) is 10.4. The maximum atomic E-state index is 5.07. The van der Waals surface area contributed by atoms with E-state index >= 15 is 0 Å². The van der Waals surface area contributed by atoms with Crippen molar-refractivity contribution in [2.75, 3.05) is 0 Å². The second kappa shape index (κ2) is 8.65. The van der Waals surface area contributed by atoms with Gasteiger partial charge in [0.05, 0.1) is 0 Å². The Morgan fingerprint density at radius 1 is 0.415 bits per heavy atom. The molecule has 0 saturated heterocycles. The molecule has 190 valence electrons. The minimum absolute atomic E-state index is 0.677. The fraction of sp³-hybridized carbons (Fsp3) is 0. The normalized spacial score (nSPS) is 11.9. The Labute approximate surface area is 239 Å². The lowest BCUT2D eigenvalue weighted by Crippen LogP contribution is -2.00. The minimum Gasteiger partial charge on any atom is -0.208 e. The van der Waals surface area contributed by atoms with Crippen LogP contribution in [0.4, 0.5) is 0 Å². The van der Waals surface area contributed by atoms with E-state index < -0.39 is 0 Å². The Hall–Kier alpha value is -5.19. The average Bonchev–Trinajstić information content (AvgIpc) is 3.43. The van der Waals surface area contributed by atoms with Gasteiger partial charge in [-0.2, -0.15) is 0 Å². The zero-order valence-electron chi connectivity index (χ0n) is 21.9. The molecule has 9 aromatic rings. The van der Waals surface area contributed by atoms with Gasteiger partial charge in [-0.1, -0.05) is 115 Å². The number of fused-ring (bicyclic) bond motifs is 5. The molecule has 2 aromatic heterocycles. The molecule has 0 fully saturated rings. The smallest absolute Gasteiger partial charge is 0.165 e. The Bertz CT molecular complexity index is 2350. The molecular formula is C37H21N3S. The molecule has 0 bridgehead atoms. The molecule has 0 aliphatic heterocycles. The van der Waals surface area contributed by atoms with E-state index in [1.165, 1.54) is 52.5 Å². The Morgan fingerprint density at radius 2 is 0.976 bits per heavy atom. The largest absolute Gasteiger partial charge is 0.208 e. The van der Waals surface area contributed by atoms with Crippen LogP contribution in [-0.4, -0.2) is 15.0 Å². The first kappa shape index (κ1) is 22.6. The van der Waals surface area contributed by atoms with Gasteiger partial charge >= 0.3 is 0 Å². The summed E-state index contributed by atoms with van der Waals surface area (Å²) < 4.78 is 2.50. The van der Waals surface area contributed by atoms with E-state index in [4.69, 9.17) is 15.0 Å². The van der Waals surface area contributed by atoms with Gasteiger partial charge in [0.1, 0.15) is 0 Å². The number of hydrogen-bond acceptors (Lipinski definition) is 4. The van der Waals surface area contributed by atoms with E-state index in [0.717, 1.165) is 16.7 Å². The standard InChI is InChI=1S/C37H21N3S/c1-3-11-22(12-4-1)35-38-36(23-13-5-2-6-14-23)40-37(39-35)29-20-19-28-26-17-9-10-18-27(26)31-25-16-8-7-15-24(25)21-30-33(31)32(28)34(29)41-30/h1-21H. The van der Waals surface area contributed by atoms with Gasteiger partial charge in [0.15, 0.2) is 17.5 Å². The van der Waals surface area contributed by atoms with Crippen molar-refractivity contribution < 1.29 is 0 Å². The average molecular weight is 540 g/mol. The number of rotatable bonds is 3. The fourth-order valence-electron chi connectivity index (χ4n) is 6.24. The molecule has 3 nitrogen and oxygen atoms in total. The molecule has 4 heteroatoms. The van der Waals surface area contributed by atoms with Crippen LogP contribution in [0.2, 0.25) is 0 Å². The third-order valence-electron chi connectivity index (χ3n) is 8.06. The second-order valence-corrected chi connectivity index (χ2v) is 11.4. The van der Waals surface area contributed by atoms with Crippen molar-refractivity contribution in [1.29, 1.82) is 0 Å². The quantitative estimate of drug-likeness (QED) is 0.210. The lowest BCUT2D eigenvalue weighted by molar-refractivity contribution is 1.08. The highest BCUT2D eigenvalue weighted by molar-refractivity contribution is 7.26. The van der Waals surface area contributed by atoms with Crippen LogP contribution in [0, 0.1) is 0 Å². The van der Waals surface area contributed by atoms with Gasteiger partial charge in [-0.15, -0.1) is 11.3 Å². The van der Waals surface area contributed by atoms with Gasteiger partial charge in [0.25, 0.3) is 0 Å². The summed E-state index contributed by atoms with van der Waals surface area (Å²) in [5.74, 6) is 2.05. The van der Waals surface area contributed by atoms with Crippen molar-refractivity contribution in [3.8, 4) is 34.2 Å². The summed E-state index contributed by atoms with van der Waals surface area (Å²) in [6.45, 7) is 0. The predicted octanol–water partition coefficient (Wildman–Crippen LogP) is 10.1. The number of hydrogen-bond donors (Lipinski definition) is 0. The molecule has 0 amide bonds. The van der Waals surface area contributed by atoms with Gasteiger partial charge in [0.2, 0.25) is 0 Å². The van der Waals surface area contributed by atoms with Crippen molar-refractivity contribution in [3.63, 3.8) is 0 Å². The van der Waals surface area contributed by atoms with Crippen LogP contribution in [0.1, 0.15) is 0 Å². The van der Waals surface area contributed by atoms with Gasteiger partial charge in [-0.3, -0.25) is 0 Å².